The van der Waals surface area contributed by atoms with E-state index in [9.17, 15) is 22.8 Å². The van der Waals surface area contributed by atoms with Gasteiger partial charge in [-0.25, -0.2) is 14.8 Å². The number of nitrogens with two attached hydrogens (primary N) is 1. The zero-order chi connectivity index (χ0) is 28.9. The van der Waals surface area contributed by atoms with Crippen LogP contribution in [-0.4, -0.2) is 65.3 Å². The molecular weight excluding hydrogens is 529 g/mol. The molecule has 1 atom stereocenters. The first-order valence-corrected chi connectivity index (χ1v) is 12.5. The van der Waals surface area contributed by atoms with Gasteiger partial charge in [-0.1, -0.05) is 30.3 Å². The highest BCUT2D eigenvalue weighted by atomic mass is 19.4. The molecule has 2 amide bonds. The molecule has 1 aromatic heterocycles. The van der Waals surface area contributed by atoms with E-state index in [1.807, 2.05) is 4.90 Å². The molecule has 212 valence electrons. The zero-order valence-corrected chi connectivity index (χ0v) is 21.7. The summed E-state index contributed by atoms with van der Waals surface area (Å²) in [5, 5.41) is 12.1. The van der Waals surface area contributed by atoms with Gasteiger partial charge in [0.25, 0.3) is 0 Å². The molecule has 13 heteroatoms. The van der Waals surface area contributed by atoms with Crippen LogP contribution < -0.4 is 20.7 Å². The van der Waals surface area contributed by atoms with Gasteiger partial charge in [-0.05, 0) is 24.1 Å². The molecule has 0 radical (unpaired) electrons. The minimum Gasteiger partial charge on any atom is -0.494 e. The molecule has 1 aliphatic heterocycles. The third kappa shape index (κ3) is 6.90. The van der Waals surface area contributed by atoms with E-state index in [2.05, 4.69) is 15.3 Å². The second-order valence-electron chi connectivity index (χ2n) is 9.31. The molecule has 10 nitrogen and oxygen atoms in total. The van der Waals surface area contributed by atoms with E-state index >= 15 is 0 Å². The number of hydrogen-bond donors (Lipinski definition) is 3. The number of piperazine rings is 1. The second-order valence-corrected chi connectivity index (χ2v) is 9.31. The van der Waals surface area contributed by atoms with E-state index in [4.69, 9.17) is 15.6 Å². The Labute approximate surface area is 228 Å². The molecule has 1 fully saturated rings. The number of rotatable bonds is 9. The van der Waals surface area contributed by atoms with Gasteiger partial charge in [-0.15, -0.1) is 0 Å². The number of nitrogens with zero attached hydrogens (tertiary/aromatic N) is 4. The summed E-state index contributed by atoms with van der Waals surface area (Å²) < 4.78 is 47.4. The largest absolute Gasteiger partial charge is 0.494 e. The highest BCUT2D eigenvalue weighted by Gasteiger charge is 2.37. The van der Waals surface area contributed by atoms with E-state index in [0.717, 1.165) is 11.3 Å². The lowest BCUT2D eigenvalue weighted by Gasteiger charge is -2.34. The predicted molar refractivity (Wildman–Crippen MR) is 142 cm³/mol. The molecule has 0 saturated carbocycles. The number of carbonyl (C=O) groups excluding carboxylic acids is 1. The van der Waals surface area contributed by atoms with Crippen molar-refractivity contribution >= 4 is 29.3 Å². The first-order chi connectivity index (χ1) is 19.0. The van der Waals surface area contributed by atoms with Crippen LogP contribution in [0.2, 0.25) is 0 Å². The Balaban J connectivity index is 1.63. The fourth-order valence-corrected chi connectivity index (χ4v) is 4.65. The van der Waals surface area contributed by atoms with Crippen LogP contribution in [0.3, 0.4) is 0 Å². The van der Waals surface area contributed by atoms with Crippen LogP contribution >= 0.6 is 0 Å². The highest BCUT2D eigenvalue weighted by molar-refractivity contribution is 5.75. The van der Waals surface area contributed by atoms with Crippen molar-refractivity contribution in [2.24, 2.45) is 5.73 Å². The maximum Gasteiger partial charge on any atom is 0.419 e. The van der Waals surface area contributed by atoms with Crippen molar-refractivity contribution in [3.8, 4) is 5.75 Å². The highest BCUT2D eigenvalue weighted by Crippen LogP contribution is 2.38. The molecule has 4 N–H and O–H groups in total. The summed E-state index contributed by atoms with van der Waals surface area (Å²) in [7, 11) is 1.45. The maximum atomic E-state index is 14.0. The number of alkyl halides is 3. The average molecular weight is 559 g/mol. The van der Waals surface area contributed by atoms with Crippen LogP contribution in [0.15, 0.2) is 54.7 Å². The van der Waals surface area contributed by atoms with Gasteiger partial charge < -0.3 is 30.7 Å². The lowest BCUT2D eigenvalue weighted by atomic mass is 9.90. The Kier molecular flexibility index (Phi) is 8.61. The number of hydrogen-bond acceptors (Lipinski definition) is 7. The molecule has 1 unspecified atom stereocenters. The first-order valence-electron chi connectivity index (χ1n) is 12.5. The number of primary amides is 1. The Morgan fingerprint density at radius 2 is 1.82 bits per heavy atom. The van der Waals surface area contributed by atoms with Crippen molar-refractivity contribution in [1.82, 2.24) is 14.9 Å². The van der Waals surface area contributed by atoms with E-state index in [1.165, 1.54) is 12.0 Å². The molecular formula is C27H29F3N6O4. The molecule has 0 spiro atoms. The molecule has 4 rings (SSSR count). The Morgan fingerprint density at radius 3 is 2.42 bits per heavy atom. The summed E-state index contributed by atoms with van der Waals surface area (Å²) in [5.74, 6) is -1.40. The van der Waals surface area contributed by atoms with Crippen LogP contribution in [0.1, 0.15) is 29.2 Å². The van der Waals surface area contributed by atoms with E-state index < -0.39 is 29.7 Å². The van der Waals surface area contributed by atoms with Gasteiger partial charge in [0.05, 0.1) is 24.1 Å². The molecule has 0 bridgehead atoms. The normalized spacial score (nSPS) is 14.5. The Hall–Kier alpha value is -4.55. The lowest BCUT2D eigenvalue weighted by Crippen LogP contribution is -2.48. The standard InChI is InChI=1S/C27H29F3N6O4/c1-40-22-15-19(35-9-11-36(12-10-35)26(38)39)7-8-21(22)33-25-32-16-20(27(28,29)30)24(34-25)18(14-23(31)37)13-17-5-3-2-4-6-17/h2-8,15-16,18H,9-14H2,1H3,(H2,31,37)(H,38,39)(H,32,33,34). The molecule has 1 saturated heterocycles. The van der Waals surface area contributed by atoms with Crippen LogP contribution in [-0.2, 0) is 17.4 Å². The summed E-state index contributed by atoms with van der Waals surface area (Å²) in [6, 6.07) is 14.0. The number of aromatic nitrogens is 2. The second kappa shape index (κ2) is 12.1. The number of ether oxygens (including phenoxy) is 1. The van der Waals surface area contributed by atoms with Crippen molar-refractivity contribution in [3.05, 3.63) is 71.5 Å². The van der Waals surface area contributed by atoms with Crippen molar-refractivity contribution < 1.29 is 32.6 Å². The van der Waals surface area contributed by atoms with Gasteiger partial charge in [0.15, 0.2) is 0 Å². The minimum atomic E-state index is -4.75. The maximum absolute atomic E-state index is 14.0. The lowest BCUT2D eigenvalue weighted by molar-refractivity contribution is -0.139. The molecule has 40 heavy (non-hydrogen) atoms. The van der Waals surface area contributed by atoms with Crippen molar-refractivity contribution in [3.63, 3.8) is 0 Å². The zero-order valence-electron chi connectivity index (χ0n) is 21.7. The molecule has 2 heterocycles. The average Bonchev–Trinajstić information content (AvgIpc) is 2.92. The van der Waals surface area contributed by atoms with Gasteiger partial charge in [-0.2, -0.15) is 13.2 Å². The third-order valence-electron chi connectivity index (χ3n) is 6.63. The van der Waals surface area contributed by atoms with E-state index in [-0.39, 0.29) is 24.5 Å². The topological polar surface area (TPSA) is 134 Å². The Morgan fingerprint density at radius 1 is 1.12 bits per heavy atom. The fourth-order valence-electron chi connectivity index (χ4n) is 4.65. The van der Waals surface area contributed by atoms with Gasteiger partial charge in [0.2, 0.25) is 11.9 Å². The number of anilines is 3. The number of carboxylic acid groups (broad SMARTS) is 1. The summed E-state index contributed by atoms with van der Waals surface area (Å²) in [4.78, 5) is 34.5. The Bertz CT molecular complexity index is 1350. The fraction of sp³-hybridized carbons (Fsp3) is 0.333. The molecule has 0 aliphatic carbocycles. The quantitative estimate of drug-likeness (QED) is 0.355. The van der Waals surface area contributed by atoms with Crippen molar-refractivity contribution in [2.45, 2.75) is 24.9 Å². The number of nitrogens with one attached hydrogen (secondary N) is 1. The van der Waals surface area contributed by atoms with E-state index in [0.29, 0.717) is 43.8 Å². The summed E-state index contributed by atoms with van der Waals surface area (Å²) in [6.07, 6.45) is -5.22. The minimum absolute atomic E-state index is 0.105. The number of carbonyl (C=O) groups is 2. The first kappa shape index (κ1) is 28.5. The van der Waals surface area contributed by atoms with Crippen LogP contribution in [0.25, 0.3) is 0 Å². The number of methoxy groups -OCH3 is 1. The van der Waals surface area contributed by atoms with Crippen LogP contribution in [0.5, 0.6) is 5.75 Å². The molecule has 2 aromatic carbocycles. The van der Waals surface area contributed by atoms with Crippen LogP contribution in [0, 0.1) is 0 Å². The number of benzene rings is 2. The smallest absolute Gasteiger partial charge is 0.419 e. The van der Waals surface area contributed by atoms with Gasteiger partial charge in [0.1, 0.15) is 5.75 Å². The SMILES string of the molecule is COc1cc(N2CCN(C(=O)O)CC2)ccc1Nc1ncc(C(F)(F)F)c(C(CC(N)=O)Cc2ccccc2)n1. The number of amides is 2. The third-order valence-corrected chi connectivity index (χ3v) is 6.63. The van der Waals surface area contributed by atoms with Crippen molar-refractivity contribution in [1.29, 1.82) is 0 Å². The number of halogens is 3. The summed E-state index contributed by atoms with van der Waals surface area (Å²) in [6.45, 7) is 1.71. The van der Waals surface area contributed by atoms with Gasteiger partial charge >= 0.3 is 12.3 Å². The summed E-state index contributed by atoms with van der Waals surface area (Å²) in [5.41, 5.74) is 5.98. The van der Waals surface area contributed by atoms with Crippen LogP contribution in [0.4, 0.5) is 35.3 Å². The van der Waals surface area contributed by atoms with Crippen molar-refractivity contribution in [2.75, 3.05) is 43.5 Å². The summed E-state index contributed by atoms with van der Waals surface area (Å²) >= 11 is 0. The van der Waals surface area contributed by atoms with Gasteiger partial charge in [-0.3, -0.25) is 4.79 Å². The van der Waals surface area contributed by atoms with Gasteiger partial charge in [0, 0.05) is 56.5 Å². The predicted octanol–water partition coefficient (Wildman–Crippen LogP) is 4.25. The molecule has 3 aromatic rings. The van der Waals surface area contributed by atoms with E-state index in [1.54, 1.807) is 48.5 Å². The monoisotopic (exact) mass is 558 g/mol. The molecule has 1 aliphatic rings.